The van der Waals surface area contributed by atoms with Crippen molar-refractivity contribution in [1.82, 2.24) is 10.0 Å². The molecule has 2 N–H and O–H groups in total. The number of benzene rings is 2. The largest absolute Gasteiger partial charge is 0.317 e. The summed E-state index contributed by atoms with van der Waals surface area (Å²) in [6, 6.07) is 15.1. The van der Waals surface area contributed by atoms with Crippen molar-refractivity contribution in [1.29, 1.82) is 0 Å². The molecule has 2 nitrogen and oxygen atoms in total. The molecule has 1 aliphatic heterocycles. The third-order valence-corrected chi connectivity index (χ3v) is 4.65. The van der Waals surface area contributed by atoms with Gasteiger partial charge in [-0.25, -0.2) is 0 Å². The Morgan fingerprint density at radius 1 is 1.05 bits per heavy atom. The van der Waals surface area contributed by atoms with E-state index in [-0.39, 0.29) is 0 Å². The van der Waals surface area contributed by atoms with Gasteiger partial charge in [0.1, 0.15) is 0 Å². The Bertz CT molecular complexity index is 530. The second kappa shape index (κ2) is 9.08. The van der Waals surface area contributed by atoms with Crippen LogP contribution >= 0.6 is 11.9 Å². The molecule has 1 aliphatic rings. The van der Waals surface area contributed by atoms with Crippen molar-refractivity contribution in [3.63, 3.8) is 0 Å². The summed E-state index contributed by atoms with van der Waals surface area (Å²) in [5, 5.41) is 6.07. The fraction of sp³-hybridized carbons (Fsp3) is 0.444. The first-order valence-electron chi connectivity index (χ1n) is 8.02. The topological polar surface area (TPSA) is 24.1 Å². The highest BCUT2D eigenvalue weighted by molar-refractivity contribution is 7.97. The fourth-order valence-electron chi connectivity index (χ4n) is 2.61. The molecule has 1 heterocycles. The van der Waals surface area contributed by atoms with Crippen molar-refractivity contribution in [2.45, 2.75) is 31.6 Å². The number of hydrogen-bond donors (Lipinski definition) is 2. The van der Waals surface area contributed by atoms with Gasteiger partial charge >= 0.3 is 0 Å². The van der Waals surface area contributed by atoms with Crippen LogP contribution in [0.4, 0.5) is 0 Å². The number of fused-ring (bicyclic) bond motifs is 1. The van der Waals surface area contributed by atoms with Crippen LogP contribution in [-0.4, -0.2) is 19.6 Å². The van der Waals surface area contributed by atoms with Crippen molar-refractivity contribution >= 4 is 22.7 Å². The van der Waals surface area contributed by atoms with Crippen LogP contribution in [-0.2, 0) is 0 Å². The van der Waals surface area contributed by atoms with Crippen LogP contribution in [0.25, 0.3) is 10.8 Å². The van der Waals surface area contributed by atoms with E-state index < -0.39 is 0 Å². The van der Waals surface area contributed by atoms with E-state index in [1.165, 1.54) is 41.6 Å². The Morgan fingerprint density at radius 2 is 1.76 bits per heavy atom. The molecule has 0 unspecified atom stereocenters. The molecular weight excluding hydrogens is 276 g/mol. The van der Waals surface area contributed by atoms with Gasteiger partial charge in [-0.2, -0.15) is 0 Å². The third kappa shape index (κ3) is 4.73. The predicted molar refractivity (Wildman–Crippen MR) is 94.7 cm³/mol. The van der Waals surface area contributed by atoms with Crippen molar-refractivity contribution in [2.75, 3.05) is 19.6 Å². The van der Waals surface area contributed by atoms with Gasteiger partial charge in [-0.1, -0.05) is 50.2 Å². The Labute approximate surface area is 132 Å². The Balaban J connectivity index is 0.000000774. The molecule has 0 amide bonds. The van der Waals surface area contributed by atoms with Crippen LogP contribution in [0, 0.1) is 5.92 Å². The van der Waals surface area contributed by atoms with Crippen LogP contribution in [0.3, 0.4) is 0 Å². The predicted octanol–water partition coefficient (Wildman–Crippen LogP) is 4.46. The molecular formula is C18H26N2S. The van der Waals surface area contributed by atoms with Crippen molar-refractivity contribution in [2.24, 2.45) is 5.92 Å². The lowest BCUT2D eigenvalue weighted by molar-refractivity contribution is 0.376. The van der Waals surface area contributed by atoms with Crippen LogP contribution in [0.5, 0.6) is 0 Å². The minimum absolute atomic E-state index is 0.823. The average Bonchev–Trinajstić information content (AvgIpc) is 2.58. The minimum atomic E-state index is 0.823. The highest BCUT2D eigenvalue weighted by Gasteiger charge is 2.12. The zero-order chi connectivity index (χ0) is 14.9. The van der Waals surface area contributed by atoms with Gasteiger partial charge in [-0.05, 0) is 60.6 Å². The normalized spacial score (nSPS) is 15.5. The monoisotopic (exact) mass is 302 g/mol. The first-order valence-corrected chi connectivity index (χ1v) is 8.83. The Kier molecular flexibility index (Phi) is 7.07. The van der Waals surface area contributed by atoms with Crippen LogP contribution < -0.4 is 10.0 Å². The summed E-state index contributed by atoms with van der Waals surface area (Å²) in [4.78, 5) is 1.33. The number of piperidine rings is 1. The van der Waals surface area contributed by atoms with Gasteiger partial charge < -0.3 is 5.32 Å². The van der Waals surface area contributed by atoms with E-state index >= 15 is 0 Å². The van der Waals surface area contributed by atoms with Crippen molar-refractivity contribution in [3.8, 4) is 0 Å². The van der Waals surface area contributed by atoms with Gasteiger partial charge in [0.2, 0.25) is 0 Å². The van der Waals surface area contributed by atoms with E-state index in [9.17, 15) is 0 Å². The number of hydrogen-bond acceptors (Lipinski definition) is 3. The zero-order valence-corrected chi connectivity index (χ0v) is 13.9. The molecule has 3 rings (SSSR count). The smallest absolute Gasteiger partial charge is 0.0306 e. The molecule has 0 radical (unpaired) electrons. The van der Waals surface area contributed by atoms with Crippen LogP contribution in [0.15, 0.2) is 47.4 Å². The summed E-state index contributed by atoms with van der Waals surface area (Å²) >= 11 is 1.77. The molecule has 0 aromatic heterocycles. The molecule has 1 saturated heterocycles. The van der Waals surface area contributed by atoms with Gasteiger partial charge in [0.25, 0.3) is 0 Å². The highest BCUT2D eigenvalue weighted by atomic mass is 32.2. The molecule has 2 aromatic rings. The molecule has 0 saturated carbocycles. The van der Waals surface area contributed by atoms with Gasteiger partial charge in [-0.15, -0.1) is 0 Å². The minimum Gasteiger partial charge on any atom is -0.317 e. The van der Waals surface area contributed by atoms with Crippen LogP contribution in [0.1, 0.15) is 26.7 Å². The lowest BCUT2D eigenvalue weighted by Crippen LogP contribution is -2.31. The lowest BCUT2D eigenvalue weighted by Gasteiger charge is -2.22. The van der Waals surface area contributed by atoms with Gasteiger partial charge in [-0.3, -0.25) is 4.72 Å². The molecule has 3 heteroatoms. The average molecular weight is 302 g/mol. The Morgan fingerprint density at radius 3 is 2.57 bits per heavy atom. The van der Waals surface area contributed by atoms with E-state index in [0.717, 1.165) is 12.5 Å². The Hall–Kier alpha value is -1.03. The van der Waals surface area contributed by atoms with Crippen molar-refractivity contribution in [3.05, 3.63) is 42.5 Å². The first kappa shape index (κ1) is 16.3. The fourth-order valence-corrected chi connectivity index (χ4v) is 3.52. The molecule has 0 aliphatic carbocycles. The molecule has 2 aromatic carbocycles. The van der Waals surface area contributed by atoms with Gasteiger partial charge in [0, 0.05) is 11.4 Å². The van der Waals surface area contributed by atoms with Gasteiger partial charge in [0.15, 0.2) is 0 Å². The summed E-state index contributed by atoms with van der Waals surface area (Å²) in [5.74, 6) is 0.823. The maximum absolute atomic E-state index is 3.55. The SMILES string of the molecule is CC.c1ccc2c(SNCC3CCNCC3)cccc2c1. The molecule has 0 bridgehead atoms. The molecule has 0 atom stereocenters. The molecule has 1 fully saturated rings. The quantitative estimate of drug-likeness (QED) is 0.815. The summed E-state index contributed by atoms with van der Waals surface area (Å²) in [7, 11) is 0. The lowest BCUT2D eigenvalue weighted by atomic mass is 9.99. The van der Waals surface area contributed by atoms with E-state index in [2.05, 4.69) is 52.5 Å². The maximum Gasteiger partial charge on any atom is 0.0306 e. The standard InChI is InChI=1S/C16H20N2S.C2H6/c1-2-6-15-14(4-1)5-3-7-16(15)19-18-12-13-8-10-17-11-9-13;1-2/h1-7,13,17-18H,8-12H2;1-2H3. The third-order valence-electron chi connectivity index (χ3n) is 3.76. The van der Waals surface area contributed by atoms with E-state index in [4.69, 9.17) is 0 Å². The maximum atomic E-state index is 3.55. The van der Waals surface area contributed by atoms with E-state index in [0.29, 0.717) is 0 Å². The molecule has 0 spiro atoms. The molecule has 114 valence electrons. The summed E-state index contributed by atoms with van der Waals surface area (Å²) in [6.45, 7) is 7.45. The molecule has 21 heavy (non-hydrogen) atoms. The summed E-state index contributed by atoms with van der Waals surface area (Å²) in [5.41, 5.74) is 0. The highest BCUT2D eigenvalue weighted by Crippen LogP contribution is 2.26. The number of nitrogens with one attached hydrogen (secondary N) is 2. The van der Waals surface area contributed by atoms with E-state index in [1.807, 2.05) is 13.8 Å². The van der Waals surface area contributed by atoms with E-state index in [1.54, 1.807) is 11.9 Å². The second-order valence-corrected chi connectivity index (χ2v) is 6.05. The van der Waals surface area contributed by atoms with Crippen molar-refractivity contribution < 1.29 is 0 Å². The van der Waals surface area contributed by atoms with Gasteiger partial charge in [0.05, 0.1) is 0 Å². The number of rotatable bonds is 4. The first-order chi connectivity index (χ1) is 10.4. The zero-order valence-electron chi connectivity index (χ0n) is 13.1. The second-order valence-electron chi connectivity index (χ2n) is 5.12. The van der Waals surface area contributed by atoms with Crippen LogP contribution in [0.2, 0.25) is 0 Å². The summed E-state index contributed by atoms with van der Waals surface area (Å²) < 4.78 is 3.55. The summed E-state index contributed by atoms with van der Waals surface area (Å²) in [6.07, 6.45) is 2.59.